The number of hydrogen-bond acceptors (Lipinski definition) is 3. The highest BCUT2D eigenvalue weighted by Crippen LogP contribution is 2.34. The number of halogens is 6. The number of rotatable bonds is 6. The van der Waals surface area contributed by atoms with Crippen molar-refractivity contribution in [2.24, 2.45) is 0 Å². The molecule has 0 aliphatic heterocycles. The molecule has 30 heavy (non-hydrogen) atoms. The Kier molecular flexibility index (Phi) is 6.65. The summed E-state index contributed by atoms with van der Waals surface area (Å²) in [5, 5.41) is 4.31. The van der Waals surface area contributed by atoms with Crippen LogP contribution in [0.15, 0.2) is 42.5 Å². The number of ether oxygens (including phenoxy) is 1. The van der Waals surface area contributed by atoms with E-state index in [0.717, 1.165) is 0 Å². The lowest BCUT2D eigenvalue weighted by atomic mass is 10.1. The summed E-state index contributed by atoms with van der Waals surface area (Å²) in [5.41, 5.74) is 2.24. The molecule has 0 fully saturated rings. The molecule has 0 spiro atoms. The third-order valence-corrected chi connectivity index (χ3v) is 4.95. The van der Waals surface area contributed by atoms with Crippen molar-refractivity contribution in [1.29, 1.82) is 0 Å². The predicted octanol–water partition coefficient (Wildman–Crippen LogP) is 6.86. The van der Waals surface area contributed by atoms with E-state index in [1.54, 1.807) is 37.3 Å². The summed E-state index contributed by atoms with van der Waals surface area (Å²) in [6.45, 7) is 1.21. The molecule has 0 atom stereocenters. The van der Waals surface area contributed by atoms with Gasteiger partial charge < -0.3 is 4.74 Å². The van der Waals surface area contributed by atoms with Crippen molar-refractivity contribution >= 4 is 40.0 Å². The van der Waals surface area contributed by atoms with E-state index in [1.165, 1.54) is 16.8 Å². The Bertz CT molecular complexity index is 1080. The third kappa shape index (κ3) is 5.09. The summed E-state index contributed by atoms with van der Waals surface area (Å²) in [6.07, 6.45) is -5.33. The van der Waals surface area contributed by atoms with Gasteiger partial charge in [-0.1, -0.05) is 23.2 Å². The van der Waals surface area contributed by atoms with Crippen LogP contribution in [0.1, 0.15) is 22.5 Å². The first-order valence-electron chi connectivity index (χ1n) is 8.61. The van der Waals surface area contributed by atoms with E-state index in [1.807, 2.05) is 0 Å². The topological polar surface area (TPSA) is 44.1 Å². The van der Waals surface area contributed by atoms with Crippen molar-refractivity contribution in [3.05, 3.63) is 63.8 Å². The van der Waals surface area contributed by atoms with E-state index in [-0.39, 0.29) is 11.4 Å². The van der Waals surface area contributed by atoms with Gasteiger partial charge in [-0.3, -0.25) is 4.79 Å². The molecule has 2 aromatic carbocycles. The molecule has 4 nitrogen and oxygen atoms in total. The van der Waals surface area contributed by atoms with Crippen molar-refractivity contribution in [3.63, 3.8) is 0 Å². The van der Waals surface area contributed by atoms with E-state index in [0.29, 0.717) is 32.6 Å². The molecule has 3 rings (SSSR count). The first-order chi connectivity index (χ1) is 14.1. The summed E-state index contributed by atoms with van der Waals surface area (Å²) in [7, 11) is 0. The number of hydrogen-bond donors (Lipinski definition) is 0. The number of aromatic nitrogens is 2. The Morgan fingerprint density at radius 1 is 1.13 bits per heavy atom. The van der Waals surface area contributed by atoms with Gasteiger partial charge in [-0.25, -0.2) is 4.68 Å². The molecule has 158 valence electrons. The molecule has 0 aliphatic carbocycles. The molecule has 10 heteroatoms. The number of benzene rings is 2. The first kappa shape index (κ1) is 22.5. The van der Waals surface area contributed by atoms with Gasteiger partial charge in [-0.2, -0.15) is 18.3 Å². The zero-order valence-corrected chi connectivity index (χ0v) is 17.7. The zero-order chi connectivity index (χ0) is 22.1. The van der Waals surface area contributed by atoms with Gasteiger partial charge in [0.1, 0.15) is 11.4 Å². The fourth-order valence-electron chi connectivity index (χ4n) is 2.84. The van der Waals surface area contributed by atoms with Crippen LogP contribution in [-0.4, -0.2) is 27.8 Å². The standard InChI is InChI=1S/C20H14Cl3F3N2O2/c1-11-17(19(23)29)27-28(16-7-4-13(21)10-15(16)22)18(11)12-2-5-14(6-3-12)30-9-8-20(24,25)26/h2-7,10H,8-9H2,1H3. The largest absolute Gasteiger partial charge is 0.493 e. The minimum absolute atomic E-state index is 0.0585. The van der Waals surface area contributed by atoms with E-state index in [2.05, 4.69) is 5.10 Å². The molecule has 1 aromatic heterocycles. The molecular formula is C20H14Cl3F3N2O2. The average molecular weight is 478 g/mol. The van der Waals surface area contributed by atoms with Gasteiger partial charge in [-0.15, -0.1) is 0 Å². The summed E-state index contributed by atoms with van der Waals surface area (Å²) in [6, 6.07) is 11.2. The minimum atomic E-state index is -4.29. The molecular weight excluding hydrogens is 464 g/mol. The van der Waals surface area contributed by atoms with E-state index < -0.39 is 24.4 Å². The van der Waals surface area contributed by atoms with Gasteiger partial charge in [0.15, 0.2) is 0 Å². The Labute approximate surface area is 185 Å². The monoisotopic (exact) mass is 476 g/mol. The summed E-state index contributed by atoms with van der Waals surface area (Å²) in [4.78, 5) is 11.8. The van der Waals surface area contributed by atoms with Gasteiger partial charge in [0.2, 0.25) is 0 Å². The van der Waals surface area contributed by atoms with Crippen LogP contribution in [-0.2, 0) is 0 Å². The van der Waals surface area contributed by atoms with Crippen LogP contribution >= 0.6 is 34.8 Å². The van der Waals surface area contributed by atoms with Crippen molar-refractivity contribution in [1.82, 2.24) is 9.78 Å². The van der Waals surface area contributed by atoms with E-state index in [4.69, 9.17) is 39.5 Å². The lowest BCUT2D eigenvalue weighted by molar-refractivity contribution is -0.139. The molecule has 0 aliphatic rings. The maximum Gasteiger partial charge on any atom is 0.392 e. The highest BCUT2D eigenvalue weighted by Gasteiger charge is 2.27. The molecule has 0 bridgehead atoms. The highest BCUT2D eigenvalue weighted by atomic mass is 35.5. The van der Waals surface area contributed by atoms with Crippen molar-refractivity contribution in [3.8, 4) is 22.7 Å². The zero-order valence-electron chi connectivity index (χ0n) is 15.4. The number of nitrogens with zero attached hydrogens (tertiary/aromatic N) is 2. The number of alkyl halides is 3. The summed E-state index contributed by atoms with van der Waals surface area (Å²) in [5.74, 6) is 0.282. The summed E-state index contributed by atoms with van der Waals surface area (Å²) >= 11 is 17.9. The molecule has 0 amide bonds. The Morgan fingerprint density at radius 3 is 2.37 bits per heavy atom. The molecule has 3 aromatic rings. The molecule has 0 radical (unpaired) electrons. The van der Waals surface area contributed by atoms with Gasteiger partial charge in [0.25, 0.3) is 5.24 Å². The lowest BCUT2D eigenvalue weighted by Crippen LogP contribution is -2.12. The number of carbonyl (C=O) groups excluding carboxylic acids is 1. The average Bonchev–Trinajstić information content (AvgIpc) is 2.98. The summed E-state index contributed by atoms with van der Waals surface area (Å²) < 4.78 is 43.4. The minimum Gasteiger partial charge on any atom is -0.493 e. The van der Waals surface area contributed by atoms with E-state index in [9.17, 15) is 18.0 Å². The van der Waals surface area contributed by atoms with Crippen LogP contribution in [0.3, 0.4) is 0 Å². The maximum atomic E-state index is 12.3. The van der Waals surface area contributed by atoms with Crippen molar-refractivity contribution < 1.29 is 22.7 Å². The van der Waals surface area contributed by atoms with Gasteiger partial charge in [0, 0.05) is 16.1 Å². The molecule has 0 saturated carbocycles. The van der Waals surface area contributed by atoms with Crippen LogP contribution in [0.25, 0.3) is 16.9 Å². The van der Waals surface area contributed by atoms with Gasteiger partial charge >= 0.3 is 6.18 Å². The van der Waals surface area contributed by atoms with E-state index >= 15 is 0 Å². The third-order valence-electron chi connectivity index (χ3n) is 4.23. The van der Waals surface area contributed by atoms with Crippen LogP contribution in [0.5, 0.6) is 5.75 Å². The molecule has 1 heterocycles. The van der Waals surface area contributed by atoms with Crippen LogP contribution in [0, 0.1) is 6.92 Å². The van der Waals surface area contributed by atoms with Crippen LogP contribution < -0.4 is 4.74 Å². The Balaban J connectivity index is 1.99. The fourth-order valence-corrected chi connectivity index (χ4v) is 3.51. The second-order valence-electron chi connectivity index (χ2n) is 6.34. The quantitative estimate of drug-likeness (QED) is 0.364. The Morgan fingerprint density at radius 2 is 1.80 bits per heavy atom. The fraction of sp³-hybridized carbons (Fsp3) is 0.200. The normalized spacial score (nSPS) is 11.6. The lowest BCUT2D eigenvalue weighted by Gasteiger charge is -2.12. The maximum absolute atomic E-state index is 12.3. The molecule has 0 N–H and O–H groups in total. The van der Waals surface area contributed by atoms with Crippen molar-refractivity contribution in [2.75, 3.05) is 6.61 Å². The molecule has 0 saturated heterocycles. The smallest absolute Gasteiger partial charge is 0.392 e. The first-order valence-corrected chi connectivity index (χ1v) is 9.75. The van der Waals surface area contributed by atoms with Crippen molar-refractivity contribution in [2.45, 2.75) is 19.5 Å². The SMILES string of the molecule is Cc1c(C(=O)Cl)nn(-c2ccc(Cl)cc2Cl)c1-c1ccc(OCCC(F)(F)F)cc1. The van der Waals surface area contributed by atoms with Gasteiger partial charge in [0.05, 0.1) is 29.4 Å². The highest BCUT2D eigenvalue weighted by molar-refractivity contribution is 6.67. The van der Waals surface area contributed by atoms with Crippen LogP contribution in [0.2, 0.25) is 10.0 Å². The molecule has 0 unspecified atom stereocenters. The van der Waals surface area contributed by atoms with Crippen LogP contribution in [0.4, 0.5) is 13.2 Å². The second kappa shape index (κ2) is 8.88. The predicted molar refractivity (Wildman–Crippen MR) is 110 cm³/mol. The Hall–Kier alpha value is -2.22. The van der Waals surface area contributed by atoms with Gasteiger partial charge in [-0.05, 0) is 61.0 Å². The second-order valence-corrected chi connectivity index (χ2v) is 7.53. The number of carbonyl (C=O) groups is 1.